The molecule has 0 saturated heterocycles. The first-order valence-corrected chi connectivity index (χ1v) is 8.45. The molecular weight excluding hydrogens is 278 g/mol. The van der Waals surface area contributed by atoms with Crippen LogP contribution in [0.2, 0.25) is 0 Å². The SMILES string of the molecule is CCCC[NH+](CCCC)CCCOc1ccc(C(=O)[O-])cc1. The van der Waals surface area contributed by atoms with Crippen LogP contribution in [-0.4, -0.2) is 32.2 Å². The van der Waals surface area contributed by atoms with E-state index in [1.165, 1.54) is 50.9 Å². The molecule has 0 aromatic heterocycles. The lowest BCUT2D eigenvalue weighted by molar-refractivity contribution is -0.900. The summed E-state index contributed by atoms with van der Waals surface area (Å²) in [7, 11) is 0. The molecule has 1 N–H and O–H groups in total. The average molecular weight is 307 g/mol. The molecule has 0 radical (unpaired) electrons. The number of carboxylic acids is 1. The van der Waals surface area contributed by atoms with Crippen molar-refractivity contribution in [1.29, 1.82) is 0 Å². The largest absolute Gasteiger partial charge is 0.545 e. The minimum Gasteiger partial charge on any atom is -0.545 e. The third-order valence-electron chi connectivity index (χ3n) is 3.80. The van der Waals surface area contributed by atoms with Crippen LogP contribution in [0.5, 0.6) is 5.75 Å². The second kappa shape index (κ2) is 11.1. The quantitative estimate of drug-likeness (QED) is 0.592. The number of hydrogen-bond acceptors (Lipinski definition) is 3. The molecule has 0 saturated carbocycles. The number of hydrogen-bond donors (Lipinski definition) is 1. The molecule has 0 heterocycles. The first-order chi connectivity index (χ1) is 10.7. The molecule has 0 atom stereocenters. The van der Waals surface area contributed by atoms with Crippen LogP contribution in [-0.2, 0) is 0 Å². The van der Waals surface area contributed by atoms with Crippen LogP contribution in [0.4, 0.5) is 0 Å². The Labute approximate surface area is 134 Å². The summed E-state index contributed by atoms with van der Waals surface area (Å²) in [6.45, 7) is 8.77. The third kappa shape index (κ3) is 7.46. The number of nitrogens with one attached hydrogen (secondary N) is 1. The number of aromatic carboxylic acids is 1. The Balaban J connectivity index is 2.27. The van der Waals surface area contributed by atoms with Gasteiger partial charge in [-0.2, -0.15) is 0 Å². The molecule has 4 heteroatoms. The van der Waals surface area contributed by atoms with E-state index in [-0.39, 0.29) is 5.56 Å². The fourth-order valence-corrected chi connectivity index (χ4v) is 2.43. The number of rotatable bonds is 12. The summed E-state index contributed by atoms with van der Waals surface area (Å²) in [5.41, 5.74) is 0.183. The topological polar surface area (TPSA) is 53.8 Å². The molecule has 4 nitrogen and oxygen atoms in total. The van der Waals surface area contributed by atoms with Gasteiger partial charge in [-0.1, -0.05) is 26.7 Å². The molecule has 22 heavy (non-hydrogen) atoms. The number of ether oxygens (including phenoxy) is 1. The summed E-state index contributed by atoms with van der Waals surface area (Å²) in [5.74, 6) is -0.439. The fraction of sp³-hybridized carbons (Fsp3) is 0.611. The molecule has 0 amide bonds. The summed E-state index contributed by atoms with van der Waals surface area (Å²) < 4.78 is 5.67. The van der Waals surface area contributed by atoms with E-state index in [1.54, 1.807) is 17.0 Å². The van der Waals surface area contributed by atoms with Gasteiger partial charge < -0.3 is 19.5 Å². The van der Waals surface area contributed by atoms with Gasteiger partial charge in [0.2, 0.25) is 0 Å². The highest BCUT2D eigenvalue weighted by Crippen LogP contribution is 2.11. The Hall–Kier alpha value is -1.55. The standard InChI is InChI=1S/C18H29NO3/c1-3-5-12-19(13-6-4-2)14-7-15-22-17-10-8-16(9-11-17)18(20)21/h8-11H,3-7,12-15H2,1-2H3,(H,20,21). The highest BCUT2D eigenvalue weighted by atomic mass is 16.5. The predicted molar refractivity (Wildman–Crippen MR) is 86.3 cm³/mol. The highest BCUT2D eigenvalue weighted by molar-refractivity contribution is 5.85. The maximum atomic E-state index is 10.7. The Morgan fingerprint density at radius 3 is 2.05 bits per heavy atom. The number of carboxylic acid groups (broad SMARTS) is 1. The Morgan fingerprint density at radius 2 is 1.55 bits per heavy atom. The van der Waals surface area contributed by atoms with Crippen LogP contribution in [0.15, 0.2) is 24.3 Å². The van der Waals surface area contributed by atoms with E-state index in [0.29, 0.717) is 12.4 Å². The van der Waals surface area contributed by atoms with Crippen molar-refractivity contribution in [2.45, 2.75) is 46.0 Å². The van der Waals surface area contributed by atoms with E-state index in [2.05, 4.69) is 13.8 Å². The zero-order chi connectivity index (χ0) is 16.2. The van der Waals surface area contributed by atoms with Crippen molar-refractivity contribution in [2.24, 2.45) is 0 Å². The van der Waals surface area contributed by atoms with Gasteiger partial charge in [-0.25, -0.2) is 0 Å². The second-order valence-electron chi connectivity index (χ2n) is 5.72. The summed E-state index contributed by atoms with van der Waals surface area (Å²) in [6.07, 6.45) is 6.08. The summed E-state index contributed by atoms with van der Waals surface area (Å²) in [6, 6.07) is 6.41. The molecule has 1 rings (SSSR count). The van der Waals surface area contributed by atoms with Crippen LogP contribution >= 0.6 is 0 Å². The minimum absolute atomic E-state index is 0.183. The van der Waals surface area contributed by atoms with Crippen molar-refractivity contribution in [3.05, 3.63) is 29.8 Å². The molecular formula is C18H29NO3. The molecule has 0 unspecified atom stereocenters. The maximum Gasteiger partial charge on any atom is 0.119 e. The molecule has 124 valence electrons. The Kier molecular flexibility index (Phi) is 9.31. The number of quaternary nitrogens is 1. The van der Waals surface area contributed by atoms with E-state index in [1.807, 2.05) is 0 Å². The normalized spacial score (nSPS) is 10.9. The van der Waals surface area contributed by atoms with Crippen molar-refractivity contribution >= 4 is 5.97 Å². The van der Waals surface area contributed by atoms with Crippen molar-refractivity contribution < 1.29 is 19.5 Å². The first kappa shape index (κ1) is 18.5. The van der Waals surface area contributed by atoms with Gasteiger partial charge in [0, 0.05) is 6.42 Å². The van der Waals surface area contributed by atoms with E-state index >= 15 is 0 Å². The van der Waals surface area contributed by atoms with Crippen LogP contribution in [0.3, 0.4) is 0 Å². The Morgan fingerprint density at radius 1 is 1.00 bits per heavy atom. The third-order valence-corrected chi connectivity index (χ3v) is 3.80. The van der Waals surface area contributed by atoms with Gasteiger partial charge in [-0.05, 0) is 42.7 Å². The van der Waals surface area contributed by atoms with E-state index in [9.17, 15) is 9.90 Å². The van der Waals surface area contributed by atoms with Gasteiger partial charge >= 0.3 is 0 Å². The lowest BCUT2D eigenvalue weighted by Crippen LogP contribution is -3.12. The predicted octanol–water partition coefficient (Wildman–Crippen LogP) is 1.30. The number of unbranched alkanes of at least 4 members (excludes halogenated alkanes) is 2. The number of carbonyl (C=O) groups excluding carboxylic acids is 1. The summed E-state index contributed by atoms with van der Waals surface area (Å²) in [5, 5.41) is 10.7. The van der Waals surface area contributed by atoms with Gasteiger partial charge in [0.15, 0.2) is 0 Å². The number of carbonyl (C=O) groups is 1. The zero-order valence-electron chi connectivity index (χ0n) is 13.9. The van der Waals surface area contributed by atoms with E-state index < -0.39 is 5.97 Å². The molecule has 0 aliphatic heterocycles. The van der Waals surface area contributed by atoms with E-state index in [4.69, 9.17) is 4.74 Å². The van der Waals surface area contributed by atoms with Crippen LogP contribution in [0, 0.1) is 0 Å². The highest BCUT2D eigenvalue weighted by Gasteiger charge is 2.07. The average Bonchev–Trinajstić information content (AvgIpc) is 2.53. The zero-order valence-corrected chi connectivity index (χ0v) is 13.9. The number of benzene rings is 1. The molecule has 1 aromatic carbocycles. The smallest absolute Gasteiger partial charge is 0.119 e. The van der Waals surface area contributed by atoms with Gasteiger partial charge in [0.25, 0.3) is 0 Å². The van der Waals surface area contributed by atoms with Crippen molar-refractivity contribution in [2.75, 3.05) is 26.2 Å². The molecule has 0 aliphatic rings. The lowest BCUT2D eigenvalue weighted by atomic mass is 10.2. The maximum absolute atomic E-state index is 10.7. The Bertz CT molecular complexity index is 409. The second-order valence-corrected chi connectivity index (χ2v) is 5.72. The van der Waals surface area contributed by atoms with Crippen molar-refractivity contribution in [3.8, 4) is 5.75 Å². The van der Waals surface area contributed by atoms with Crippen LogP contribution in [0.25, 0.3) is 0 Å². The molecule has 0 bridgehead atoms. The van der Waals surface area contributed by atoms with E-state index in [0.717, 1.165) is 13.0 Å². The molecule has 0 fully saturated rings. The first-order valence-electron chi connectivity index (χ1n) is 8.45. The summed E-state index contributed by atoms with van der Waals surface area (Å²) in [4.78, 5) is 12.3. The van der Waals surface area contributed by atoms with Gasteiger partial charge in [-0.15, -0.1) is 0 Å². The monoisotopic (exact) mass is 307 g/mol. The van der Waals surface area contributed by atoms with Crippen LogP contribution in [0.1, 0.15) is 56.3 Å². The van der Waals surface area contributed by atoms with Crippen molar-refractivity contribution in [1.82, 2.24) is 0 Å². The molecule has 0 aliphatic carbocycles. The van der Waals surface area contributed by atoms with Gasteiger partial charge in [-0.3, -0.25) is 0 Å². The van der Waals surface area contributed by atoms with Gasteiger partial charge in [0.05, 0.1) is 32.2 Å². The van der Waals surface area contributed by atoms with Gasteiger partial charge in [0.1, 0.15) is 5.75 Å². The van der Waals surface area contributed by atoms with Crippen LogP contribution < -0.4 is 14.7 Å². The fourth-order valence-electron chi connectivity index (χ4n) is 2.43. The minimum atomic E-state index is -1.15. The molecule has 0 spiro atoms. The van der Waals surface area contributed by atoms with Crippen molar-refractivity contribution in [3.63, 3.8) is 0 Å². The molecule has 1 aromatic rings. The lowest BCUT2D eigenvalue weighted by Gasteiger charge is -2.19. The summed E-state index contributed by atoms with van der Waals surface area (Å²) >= 11 is 0.